The van der Waals surface area contributed by atoms with Crippen molar-refractivity contribution in [3.8, 4) is 0 Å². The third kappa shape index (κ3) is 4.38. The Morgan fingerprint density at radius 1 is 1.56 bits per heavy atom. The molecule has 0 aliphatic carbocycles. The highest BCUT2D eigenvalue weighted by atomic mass is 79.9. The molecular weight excluding hydrogens is 297 g/mol. The molecule has 1 unspecified atom stereocenters. The third-order valence-corrected chi connectivity index (χ3v) is 2.69. The molecule has 1 aromatic rings. The maximum atomic E-state index is 10.3. The van der Waals surface area contributed by atoms with Crippen LogP contribution in [0.15, 0.2) is 22.7 Å². The second kappa shape index (κ2) is 6.08. The number of anilines is 1. The lowest BCUT2D eigenvalue weighted by molar-refractivity contribution is -0.138. The molecule has 16 heavy (non-hydrogen) atoms. The quantitative estimate of drug-likeness (QED) is 0.781. The summed E-state index contributed by atoms with van der Waals surface area (Å²) >= 11 is 9.19. The van der Waals surface area contributed by atoms with Crippen molar-refractivity contribution in [1.82, 2.24) is 0 Å². The van der Waals surface area contributed by atoms with Crippen LogP contribution in [-0.2, 0) is 4.79 Å². The summed E-state index contributed by atoms with van der Waals surface area (Å²) in [5, 5.41) is 21.2. The number of carbonyl (C=O) groups is 1. The molecule has 0 amide bonds. The second-order valence-corrected chi connectivity index (χ2v) is 4.58. The maximum absolute atomic E-state index is 10.3. The van der Waals surface area contributed by atoms with Crippen LogP contribution in [-0.4, -0.2) is 28.8 Å². The highest BCUT2D eigenvalue weighted by Crippen LogP contribution is 2.25. The summed E-state index contributed by atoms with van der Waals surface area (Å²) in [5.41, 5.74) is 0.653. The predicted octanol–water partition coefficient (Wildman–Crippen LogP) is 2.35. The number of benzene rings is 1. The maximum Gasteiger partial charge on any atom is 0.306 e. The fraction of sp³-hybridized carbons (Fsp3) is 0.300. The molecule has 0 spiro atoms. The third-order valence-electron chi connectivity index (χ3n) is 1.87. The monoisotopic (exact) mass is 307 g/mol. The number of halogens is 2. The van der Waals surface area contributed by atoms with Gasteiger partial charge in [-0.3, -0.25) is 4.79 Å². The lowest BCUT2D eigenvalue weighted by Gasteiger charge is -2.12. The lowest BCUT2D eigenvalue weighted by atomic mass is 10.2. The van der Waals surface area contributed by atoms with Gasteiger partial charge < -0.3 is 15.5 Å². The van der Waals surface area contributed by atoms with Crippen LogP contribution in [0, 0.1) is 0 Å². The molecule has 0 heterocycles. The Balaban J connectivity index is 2.54. The highest BCUT2D eigenvalue weighted by molar-refractivity contribution is 9.10. The van der Waals surface area contributed by atoms with E-state index in [1.165, 1.54) is 0 Å². The second-order valence-electron chi connectivity index (χ2n) is 3.26. The van der Waals surface area contributed by atoms with Gasteiger partial charge in [-0.2, -0.15) is 0 Å². The first kappa shape index (κ1) is 13.3. The summed E-state index contributed by atoms with van der Waals surface area (Å²) in [7, 11) is 0. The Labute approximate surface area is 106 Å². The van der Waals surface area contributed by atoms with Crippen LogP contribution < -0.4 is 5.32 Å². The first-order valence-corrected chi connectivity index (χ1v) is 5.75. The largest absolute Gasteiger partial charge is 0.481 e. The summed E-state index contributed by atoms with van der Waals surface area (Å²) in [6.45, 7) is 0.141. The normalized spacial score (nSPS) is 12.2. The number of carboxylic acid groups (broad SMARTS) is 1. The van der Waals surface area contributed by atoms with Gasteiger partial charge in [0.15, 0.2) is 0 Å². The zero-order valence-electron chi connectivity index (χ0n) is 8.28. The minimum absolute atomic E-state index is 0.141. The van der Waals surface area contributed by atoms with Crippen LogP contribution in [0.3, 0.4) is 0 Å². The van der Waals surface area contributed by atoms with Crippen LogP contribution in [0.2, 0.25) is 5.02 Å². The molecule has 6 heteroatoms. The molecule has 0 saturated heterocycles. The van der Waals surface area contributed by atoms with Crippen molar-refractivity contribution in [2.75, 3.05) is 11.9 Å². The SMILES string of the molecule is O=C(O)CC(O)CNc1cc(Br)ccc1Cl. The molecule has 0 radical (unpaired) electrons. The standard InChI is InChI=1S/C10H11BrClNO3/c11-6-1-2-8(12)9(3-6)13-5-7(14)4-10(15)16/h1-3,7,13-14H,4-5H2,(H,15,16). The zero-order chi connectivity index (χ0) is 12.1. The van der Waals surface area contributed by atoms with Crippen LogP contribution >= 0.6 is 27.5 Å². The highest BCUT2D eigenvalue weighted by Gasteiger charge is 2.09. The van der Waals surface area contributed by atoms with Crippen LogP contribution in [0.4, 0.5) is 5.69 Å². The van der Waals surface area contributed by atoms with Gasteiger partial charge in [0.25, 0.3) is 0 Å². The molecular formula is C10H11BrClNO3. The zero-order valence-corrected chi connectivity index (χ0v) is 10.6. The van der Waals surface area contributed by atoms with Gasteiger partial charge in [0.2, 0.25) is 0 Å². The number of carboxylic acids is 1. The Kier molecular flexibility index (Phi) is 5.05. The van der Waals surface area contributed by atoms with Gasteiger partial charge in [-0.1, -0.05) is 27.5 Å². The van der Waals surface area contributed by atoms with E-state index >= 15 is 0 Å². The number of hydrogen-bond donors (Lipinski definition) is 3. The molecule has 0 aliphatic heterocycles. The van der Waals surface area contributed by atoms with Crippen molar-refractivity contribution in [3.63, 3.8) is 0 Å². The van der Waals surface area contributed by atoms with Gasteiger partial charge in [0.05, 0.1) is 23.2 Å². The minimum atomic E-state index is -1.03. The summed E-state index contributed by atoms with van der Waals surface area (Å²) in [4.78, 5) is 10.3. The van der Waals surface area contributed by atoms with Crippen molar-refractivity contribution in [3.05, 3.63) is 27.7 Å². The Morgan fingerprint density at radius 2 is 2.25 bits per heavy atom. The van der Waals surface area contributed by atoms with Gasteiger partial charge in [0, 0.05) is 11.0 Å². The summed E-state index contributed by atoms with van der Waals surface area (Å²) in [6, 6.07) is 5.26. The molecule has 0 aliphatic rings. The molecule has 1 atom stereocenters. The molecule has 4 nitrogen and oxygen atoms in total. The number of aliphatic carboxylic acids is 1. The number of nitrogens with one attached hydrogen (secondary N) is 1. The van der Waals surface area contributed by atoms with E-state index in [1.54, 1.807) is 18.2 Å². The molecule has 0 bridgehead atoms. The first-order valence-electron chi connectivity index (χ1n) is 4.58. The number of hydrogen-bond acceptors (Lipinski definition) is 3. The van der Waals surface area contributed by atoms with Gasteiger partial charge >= 0.3 is 5.97 Å². The van der Waals surface area contributed by atoms with Crippen molar-refractivity contribution >= 4 is 39.2 Å². The molecule has 88 valence electrons. The topological polar surface area (TPSA) is 69.6 Å². The van der Waals surface area contributed by atoms with Gasteiger partial charge in [-0.25, -0.2) is 0 Å². The summed E-state index contributed by atoms with van der Waals surface area (Å²) in [6.07, 6.45) is -1.23. The van der Waals surface area contributed by atoms with Gasteiger partial charge in [0.1, 0.15) is 0 Å². The van der Waals surface area contributed by atoms with Crippen LogP contribution in [0.5, 0.6) is 0 Å². The van der Waals surface area contributed by atoms with Crippen molar-refractivity contribution in [1.29, 1.82) is 0 Å². The average Bonchev–Trinajstić information content (AvgIpc) is 2.18. The Morgan fingerprint density at radius 3 is 2.88 bits per heavy atom. The summed E-state index contributed by atoms with van der Waals surface area (Å²) in [5.74, 6) is -1.03. The van der Waals surface area contributed by atoms with Crippen molar-refractivity contribution in [2.45, 2.75) is 12.5 Å². The molecule has 0 fully saturated rings. The molecule has 0 saturated carbocycles. The fourth-order valence-corrected chi connectivity index (χ4v) is 1.68. The van der Waals surface area contributed by atoms with E-state index < -0.39 is 12.1 Å². The molecule has 3 N–H and O–H groups in total. The van der Waals surface area contributed by atoms with Crippen molar-refractivity contribution in [2.24, 2.45) is 0 Å². The Hall–Kier alpha value is -0.780. The lowest BCUT2D eigenvalue weighted by Crippen LogP contribution is -2.22. The fourth-order valence-electron chi connectivity index (χ4n) is 1.13. The predicted molar refractivity (Wildman–Crippen MR) is 65.9 cm³/mol. The smallest absolute Gasteiger partial charge is 0.306 e. The minimum Gasteiger partial charge on any atom is -0.481 e. The van der Waals surface area contributed by atoms with E-state index in [0.29, 0.717) is 10.7 Å². The van der Waals surface area contributed by atoms with Crippen molar-refractivity contribution < 1.29 is 15.0 Å². The number of aliphatic hydroxyl groups excluding tert-OH is 1. The van der Waals surface area contributed by atoms with E-state index in [0.717, 1.165) is 4.47 Å². The van der Waals surface area contributed by atoms with E-state index in [4.69, 9.17) is 16.7 Å². The first-order chi connectivity index (χ1) is 7.49. The number of rotatable bonds is 5. The average molecular weight is 309 g/mol. The van der Waals surface area contributed by atoms with Gasteiger partial charge in [-0.05, 0) is 18.2 Å². The number of aliphatic hydroxyl groups is 1. The molecule has 1 rings (SSSR count). The van der Waals surface area contributed by atoms with E-state index in [9.17, 15) is 9.90 Å². The summed E-state index contributed by atoms with van der Waals surface area (Å²) < 4.78 is 0.854. The van der Waals surface area contributed by atoms with E-state index in [-0.39, 0.29) is 13.0 Å². The molecule has 0 aromatic heterocycles. The van der Waals surface area contributed by atoms with Crippen LogP contribution in [0.1, 0.15) is 6.42 Å². The van der Waals surface area contributed by atoms with E-state index in [2.05, 4.69) is 21.2 Å². The Bertz CT molecular complexity index is 386. The van der Waals surface area contributed by atoms with E-state index in [1.807, 2.05) is 0 Å². The van der Waals surface area contributed by atoms with Crippen LogP contribution in [0.25, 0.3) is 0 Å². The van der Waals surface area contributed by atoms with Gasteiger partial charge in [-0.15, -0.1) is 0 Å². The molecule has 1 aromatic carbocycles.